The average Bonchev–Trinajstić information content (AvgIpc) is 2.38. The summed E-state index contributed by atoms with van der Waals surface area (Å²) in [6.07, 6.45) is 1.57. The average molecular weight is 332 g/mol. The fourth-order valence-corrected chi connectivity index (χ4v) is 3.07. The van der Waals surface area contributed by atoms with E-state index < -0.39 is 5.60 Å². The van der Waals surface area contributed by atoms with Crippen molar-refractivity contribution in [3.63, 3.8) is 0 Å². The lowest BCUT2D eigenvalue weighted by molar-refractivity contribution is 0.0456. The maximum Gasteiger partial charge on any atom is 0.407 e. The molecule has 1 aliphatic rings. The highest BCUT2D eigenvalue weighted by molar-refractivity contribution is 5.68. The molecule has 1 saturated carbocycles. The van der Waals surface area contributed by atoms with E-state index in [2.05, 4.69) is 55.7 Å². The number of alkyl carbamates (subject to hydrolysis) is 1. The van der Waals surface area contributed by atoms with E-state index in [0.29, 0.717) is 12.1 Å². The Balaban J connectivity index is 1.85. The van der Waals surface area contributed by atoms with Crippen LogP contribution < -0.4 is 10.6 Å². The molecular formula is C20H32N2O2. The summed E-state index contributed by atoms with van der Waals surface area (Å²) in [7, 11) is 0. The van der Waals surface area contributed by atoms with Gasteiger partial charge in [0.25, 0.3) is 0 Å². The van der Waals surface area contributed by atoms with Crippen LogP contribution in [-0.2, 0) is 4.74 Å². The van der Waals surface area contributed by atoms with Crippen molar-refractivity contribution in [1.82, 2.24) is 10.6 Å². The molecule has 2 rings (SSSR count). The van der Waals surface area contributed by atoms with Gasteiger partial charge in [-0.05, 0) is 44.6 Å². The van der Waals surface area contributed by atoms with Crippen LogP contribution in [0.5, 0.6) is 0 Å². The van der Waals surface area contributed by atoms with Crippen LogP contribution in [0.1, 0.15) is 66.0 Å². The first-order valence-corrected chi connectivity index (χ1v) is 8.85. The Bertz CT molecular complexity index is 537. The molecule has 1 atom stereocenters. The molecule has 0 aliphatic heterocycles. The number of hydrogen-bond donors (Lipinski definition) is 2. The quantitative estimate of drug-likeness (QED) is 0.858. The van der Waals surface area contributed by atoms with Crippen molar-refractivity contribution in [3.8, 4) is 0 Å². The molecule has 1 aromatic carbocycles. The first-order valence-electron chi connectivity index (χ1n) is 8.85. The van der Waals surface area contributed by atoms with Gasteiger partial charge in [-0.15, -0.1) is 0 Å². The third-order valence-electron chi connectivity index (χ3n) is 4.26. The molecule has 1 unspecified atom stereocenters. The summed E-state index contributed by atoms with van der Waals surface area (Å²) >= 11 is 0. The number of ether oxygens (including phenoxy) is 1. The van der Waals surface area contributed by atoms with Crippen molar-refractivity contribution >= 4 is 6.09 Å². The van der Waals surface area contributed by atoms with Crippen molar-refractivity contribution in [1.29, 1.82) is 0 Å². The van der Waals surface area contributed by atoms with E-state index in [1.807, 2.05) is 26.8 Å². The topological polar surface area (TPSA) is 50.4 Å². The number of nitrogens with one attached hydrogen (secondary N) is 2. The predicted molar refractivity (Wildman–Crippen MR) is 98.0 cm³/mol. The molecule has 4 nitrogen and oxygen atoms in total. The van der Waals surface area contributed by atoms with Crippen LogP contribution in [0, 0.1) is 5.41 Å². The van der Waals surface area contributed by atoms with Gasteiger partial charge in [0.2, 0.25) is 0 Å². The highest BCUT2D eigenvalue weighted by atomic mass is 16.6. The van der Waals surface area contributed by atoms with Crippen molar-refractivity contribution in [3.05, 3.63) is 35.9 Å². The van der Waals surface area contributed by atoms with Crippen LogP contribution in [0.4, 0.5) is 4.79 Å². The summed E-state index contributed by atoms with van der Waals surface area (Å²) < 4.78 is 5.31. The standard InChI is InChI=1S/C20H32N2O2/c1-19(2,3)17(14-10-8-7-9-11-14)21-15-12-16(13-15)22-18(23)24-20(4,5)6/h7-11,15-17,21H,12-13H2,1-6H3,(H,22,23). The number of hydrogen-bond acceptors (Lipinski definition) is 3. The summed E-state index contributed by atoms with van der Waals surface area (Å²) in [5.74, 6) is 0. The van der Waals surface area contributed by atoms with Gasteiger partial charge in [-0.25, -0.2) is 4.79 Å². The van der Waals surface area contributed by atoms with Crippen molar-refractivity contribution in [2.45, 2.75) is 78.1 Å². The number of benzene rings is 1. The normalized spacial score (nSPS) is 22.4. The van der Waals surface area contributed by atoms with Gasteiger partial charge in [0, 0.05) is 18.1 Å². The van der Waals surface area contributed by atoms with Crippen LogP contribution in [0.3, 0.4) is 0 Å². The van der Waals surface area contributed by atoms with Gasteiger partial charge in [-0.2, -0.15) is 0 Å². The zero-order valence-corrected chi connectivity index (χ0v) is 15.8. The molecule has 1 aromatic rings. The molecule has 1 aliphatic carbocycles. The predicted octanol–water partition coefficient (Wildman–Crippen LogP) is 4.42. The number of amides is 1. The summed E-state index contributed by atoms with van der Waals surface area (Å²) in [4.78, 5) is 11.8. The molecule has 4 heteroatoms. The second kappa shape index (κ2) is 7.14. The molecule has 0 spiro atoms. The zero-order valence-electron chi connectivity index (χ0n) is 15.8. The van der Waals surface area contributed by atoms with E-state index >= 15 is 0 Å². The molecule has 24 heavy (non-hydrogen) atoms. The van der Waals surface area contributed by atoms with Crippen LogP contribution in [0.25, 0.3) is 0 Å². The van der Waals surface area contributed by atoms with Gasteiger partial charge < -0.3 is 15.4 Å². The molecule has 134 valence electrons. The van der Waals surface area contributed by atoms with Gasteiger partial charge in [0.05, 0.1) is 0 Å². The first-order chi connectivity index (χ1) is 11.0. The summed E-state index contributed by atoms with van der Waals surface area (Å²) in [5.41, 5.74) is 0.995. The van der Waals surface area contributed by atoms with Crippen molar-refractivity contribution in [2.75, 3.05) is 0 Å². The first kappa shape index (κ1) is 18.8. The minimum atomic E-state index is -0.448. The molecule has 0 saturated heterocycles. The minimum Gasteiger partial charge on any atom is -0.444 e. The van der Waals surface area contributed by atoms with Gasteiger partial charge in [0.15, 0.2) is 0 Å². The lowest BCUT2D eigenvalue weighted by Crippen LogP contribution is -2.55. The van der Waals surface area contributed by atoms with E-state index in [4.69, 9.17) is 4.74 Å². The Kier molecular flexibility index (Phi) is 5.59. The Morgan fingerprint density at radius 3 is 2.12 bits per heavy atom. The Morgan fingerprint density at radius 2 is 1.62 bits per heavy atom. The zero-order chi connectivity index (χ0) is 18.0. The summed E-state index contributed by atoms with van der Waals surface area (Å²) in [6.45, 7) is 12.4. The van der Waals surface area contributed by atoms with Crippen LogP contribution >= 0.6 is 0 Å². The molecular weight excluding hydrogens is 300 g/mol. The van der Waals surface area contributed by atoms with Crippen LogP contribution in [-0.4, -0.2) is 23.8 Å². The Hall–Kier alpha value is -1.55. The number of carbonyl (C=O) groups excluding carboxylic acids is 1. The lowest BCUT2D eigenvalue weighted by Gasteiger charge is -2.42. The van der Waals surface area contributed by atoms with E-state index in [9.17, 15) is 4.79 Å². The maximum absolute atomic E-state index is 11.8. The largest absolute Gasteiger partial charge is 0.444 e. The van der Waals surface area contributed by atoms with Gasteiger partial charge >= 0.3 is 6.09 Å². The SMILES string of the molecule is CC(C)(C)OC(=O)NC1CC(NC(c2ccccc2)C(C)(C)C)C1. The van der Waals surface area contributed by atoms with Crippen molar-refractivity contribution in [2.24, 2.45) is 5.41 Å². The molecule has 0 heterocycles. The molecule has 2 N–H and O–H groups in total. The van der Waals surface area contributed by atoms with E-state index in [1.165, 1.54) is 5.56 Å². The van der Waals surface area contributed by atoms with E-state index in [0.717, 1.165) is 12.8 Å². The molecule has 0 aromatic heterocycles. The lowest BCUT2D eigenvalue weighted by atomic mass is 9.79. The highest BCUT2D eigenvalue weighted by Crippen LogP contribution is 2.35. The Labute approximate surface area is 146 Å². The molecule has 1 amide bonds. The number of rotatable bonds is 4. The maximum atomic E-state index is 11.8. The summed E-state index contributed by atoms with van der Waals surface area (Å²) in [5, 5.41) is 6.72. The van der Waals surface area contributed by atoms with Gasteiger partial charge in [-0.3, -0.25) is 0 Å². The fraction of sp³-hybridized carbons (Fsp3) is 0.650. The Morgan fingerprint density at radius 1 is 1.04 bits per heavy atom. The van der Waals surface area contributed by atoms with Crippen LogP contribution in [0.2, 0.25) is 0 Å². The highest BCUT2D eigenvalue weighted by Gasteiger charge is 2.36. The molecule has 1 fully saturated rings. The molecule has 0 bridgehead atoms. The van der Waals surface area contributed by atoms with Gasteiger partial charge in [0.1, 0.15) is 5.60 Å². The fourth-order valence-electron chi connectivity index (χ4n) is 3.07. The second-order valence-electron chi connectivity index (χ2n) is 8.89. The summed E-state index contributed by atoms with van der Waals surface area (Å²) in [6, 6.07) is 11.5. The third-order valence-corrected chi connectivity index (χ3v) is 4.26. The van der Waals surface area contributed by atoms with Crippen LogP contribution in [0.15, 0.2) is 30.3 Å². The van der Waals surface area contributed by atoms with Crippen molar-refractivity contribution < 1.29 is 9.53 Å². The monoisotopic (exact) mass is 332 g/mol. The van der Waals surface area contributed by atoms with Gasteiger partial charge in [-0.1, -0.05) is 51.1 Å². The van der Waals surface area contributed by atoms with E-state index in [1.54, 1.807) is 0 Å². The smallest absolute Gasteiger partial charge is 0.407 e. The van der Waals surface area contributed by atoms with E-state index in [-0.39, 0.29) is 17.6 Å². The second-order valence-corrected chi connectivity index (χ2v) is 8.89. The minimum absolute atomic E-state index is 0.130. The third kappa shape index (κ3) is 5.52. The molecule has 0 radical (unpaired) electrons. The number of carbonyl (C=O) groups is 1.